The van der Waals surface area contributed by atoms with Gasteiger partial charge in [-0.2, -0.15) is 0 Å². The molecule has 4 nitrogen and oxygen atoms in total. The van der Waals surface area contributed by atoms with Gasteiger partial charge in [0.15, 0.2) is 0 Å². The molecule has 0 unspecified atom stereocenters. The van der Waals surface area contributed by atoms with Crippen molar-refractivity contribution in [2.24, 2.45) is 5.73 Å². The number of hydrogen-bond acceptors (Lipinski definition) is 3. The zero-order valence-corrected chi connectivity index (χ0v) is 13.9. The molecular formula is C17H32N4. The lowest BCUT2D eigenvalue weighted by Gasteiger charge is -2.43. The van der Waals surface area contributed by atoms with Gasteiger partial charge >= 0.3 is 0 Å². The molecule has 0 radical (unpaired) electrons. The summed E-state index contributed by atoms with van der Waals surface area (Å²) in [6, 6.07) is 0. The summed E-state index contributed by atoms with van der Waals surface area (Å²) < 4.78 is 2.25. The number of imidazole rings is 1. The topological polar surface area (TPSA) is 47.1 Å². The van der Waals surface area contributed by atoms with Crippen LogP contribution in [0.25, 0.3) is 0 Å². The Labute approximate surface area is 129 Å². The highest BCUT2D eigenvalue weighted by Crippen LogP contribution is 2.32. The van der Waals surface area contributed by atoms with Crippen LogP contribution < -0.4 is 5.73 Å². The second-order valence-corrected chi connectivity index (χ2v) is 6.50. The van der Waals surface area contributed by atoms with Gasteiger partial charge in [0.2, 0.25) is 0 Å². The van der Waals surface area contributed by atoms with Crippen molar-refractivity contribution in [3.05, 3.63) is 18.2 Å². The monoisotopic (exact) mass is 292 g/mol. The summed E-state index contributed by atoms with van der Waals surface area (Å²) >= 11 is 0. The molecule has 0 aromatic carbocycles. The summed E-state index contributed by atoms with van der Waals surface area (Å²) in [7, 11) is 0. The molecule has 1 aromatic heterocycles. The molecule has 4 heteroatoms. The number of aromatic nitrogens is 2. The zero-order valence-electron chi connectivity index (χ0n) is 13.9. The predicted octanol–water partition coefficient (Wildman–Crippen LogP) is 2.96. The Morgan fingerprint density at radius 1 is 1.24 bits per heavy atom. The number of rotatable bonds is 7. The van der Waals surface area contributed by atoms with Crippen LogP contribution in [0, 0.1) is 6.92 Å². The van der Waals surface area contributed by atoms with E-state index in [0.29, 0.717) is 0 Å². The van der Waals surface area contributed by atoms with Crippen molar-refractivity contribution < 1.29 is 0 Å². The molecule has 1 fully saturated rings. The van der Waals surface area contributed by atoms with Crippen molar-refractivity contribution in [1.82, 2.24) is 14.5 Å². The van der Waals surface area contributed by atoms with E-state index in [2.05, 4.69) is 34.5 Å². The Hall–Kier alpha value is -0.870. The van der Waals surface area contributed by atoms with E-state index in [1.165, 1.54) is 44.9 Å². The second kappa shape index (κ2) is 7.95. The van der Waals surface area contributed by atoms with Crippen LogP contribution in [0.3, 0.4) is 0 Å². The highest BCUT2D eigenvalue weighted by molar-refractivity contribution is 4.94. The van der Waals surface area contributed by atoms with Gasteiger partial charge in [-0.05, 0) is 32.7 Å². The molecule has 0 spiro atoms. The molecular weight excluding hydrogens is 260 g/mol. The molecule has 2 rings (SSSR count). The molecule has 0 aliphatic heterocycles. The van der Waals surface area contributed by atoms with E-state index in [0.717, 1.165) is 32.0 Å². The number of aryl methyl sites for hydroxylation is 1. The van der Waals surface area contributed by atoms with Crippen LogP contribution >= 0.6 is 0 Å². The Kier molecular flexibility index (Phi) is 6.24. The Morgan fingerprint density at radius 2 is 1.95 bits per heavy atom. The van der Waals surface area contributed by atoms with E-state index in [4.69, 9.17) is 5.73 Å². The molecule has 1 heterocycles. The average molecular weight is 292 g/mol. The standard InChI is InChI=1S/C17H32N4/c1-3-11-21(14-13-20-12-10-19-16(20)2)17(15-18)8-6-4-5-7-9-17/h10,12H,3-9,11,13-15,18H2,1-2H3. The summed E-state index contributed by atoms with van der Waals surface area (Å²) in [6.45, 7) is 8.42. The van der Waals surface area contributed by atoms with E-state index < -0.39 is 0 Å². The van der Waals surface area contributed by atoms with E-state index in [-0.39, 0.29) is 5.54 Å². The lowest BCUT2D eigenvalue weighted by atomic mass is 9.87. The molecule has 0 amide bonds. The lowest BCUT2D eigenvalue weighted by molar-refractivity contribution is 0.0735. The Bertz CT molecular complexity index is 405. The predicted molar refractivity (Wildman–Crippen MR) is 88.3 cm³/mol. The van der Waals surface area contributed by atoms with Gasteiger partial charge < -0.3 is 10.3 Å². The van der Waals surface area contributed by atoms with E-state index in [9.17, 15) is 0 Å². The third-order valence-electron chi connectivity index (χ3n) is 5.11. The van der Waals surface area contributed by atoms with Crippen molar-refractivity contribution in [2.45, 2.75) is 70.9 Å². The quantitative estimate of drug-likeness (QED) is 0.786. The molecule has 1 saturated carbocycles. The van der Waals surface area contributed by atoms with Crippen LogP contribution in [-0.4, -0.2) is 39.6 Å². The third kappa shape index (κ3) is 4.07. The maximum Gasteiger partial charge on any atom is 0.105 e. The maximum atomic E-state index is 6.26. The van der Waals surface area contributed by atoms with Crippen molar-refractivity contribution in [1.29, 1.82) is 0 Å². The first kappa shape index (κ1) is 16.5. The SMILES string of the molecule is CCCN(CCn1ccnc1C)C1(CN)CCCCCC1. The van der Waals surface area contributed by atoms with Gasteiger partial charge in [0, 0.05) is 37.6 Å². The fourth-order valence-corrected chi connectivity index (χ4v) is 3.76. The van der Waals surface area contributed by atoms with Crippen molar-refractivity contribution in [3.63, 3.8) is 0 Å². The van der Waals surface area contributed by atoms with E-state index in [1.807, 2.05) is 6.20 Å². The molecule has 1 aromatic rings. The first-order chi connectivity index (χ1) is 10.2. The molecule has 1 aliphatic rings. The average Bonchev–Trinajstić information content (AvgIpc) is 2.77. The van der Waals surface area contributed by atoms with Gasteiger partial charge in [0.1, 0.15) is 5.82 Å². The van der Waals surface area contributed by atoms with Gasteiger partial charge in [0.25, 0.3) is 0 Å². The minimum atomic E-state index is 0.237. The smallest absolute Gasteiger partial charge is 0.105 e. The molecule has 0 bridgehead atoms. The number of nitrogens with two attached hydrogens (primary N) is 1. The molecule has 0 atom stereocenters. The molecule has 2 N–H and O–H groups in total. The minimum absolute atomic E-state index is 0.237. The van der Waals surface area contributed by atoms with E-state index in [1.54, 1.807) is 0 Å². The normalized spacial score (nSPS) is 18.9. The fourth-order valence-electron chi connectivity index (χ4n) is 3.76. The third-order valence-corrected chi connectivity index (χ3v) is 5.11. The largest absolute Gasteiger partial charge is 0.334 e. The lowest BCUT2D eigenvalue weighted by Crippen LogP contribution is -2.54. The van der Waals surface area contributed by atoms with Gasteiger partial charge in [-0.15, -0.1) is 0 Å². The highest BCUT2D eigenvalue weighted by Gasteiger charge is 2.35. The maximum absolute atomic E-state index is 6.26. The molecule has 0 saturated heterocycles. The van der Waals surface area contributed by atoms with Gasteiger partial charge in [0.05, 0.1) is 0 Å². The first-order valence-corrected chi connectivity index (χ1v) is 8.65. The second-order valence-electron chi connectivity index (χ2n) is 6.50. The zero-order chi connectivity index (χ0) is 15.1. The van der Waals surface area contributed by atoms with Crippen LogP contribution in [0.4, 0.5) is 0 Å². The van der Waals surface area contributed by atoms with Gasteiger partial charge in [-0.3, -0.25) is 4.90 Å². The summed E-state index contributed by atoms with van der Waals surface area (Å²) in [6.07, 6.45) is 13.1. The molecule has 21 heavy (non-hydrogen) atoms. The summed E-state index contributed by atoms with van der Waals surface area (Å²) in [4.78, 5) is 7.00. The van der Waals surface area contributed by atoms with E-state index >= 15 is 0 Å². The van der Waals surface area contributed by atoms with Crippen LogP contribution in [0.1, 0.15) is 57.7 Å². The Balaban J connectivity index is 2.06. The van der Waals surface area contributed by atoms with Crippen LogP contribution in [-0.2, 0) is 6.54 Å². The van der Waals surface area contributed by atoms with Crippen molar-refractivity contribution in [2.75, 3.05) is 19.6 Å². The summed E-state index contributed by atoms with van der Waals surface area (Å²) in [5, 5.41) is 0. The summed E-state index contributed by atoms with van der Waals surface area (Å²) in [5.74, 6) is 1.11. The van der Waals surface area contributed by atoms with Gasteiger partial charge in [-0.1, -0.05) is 32.6 Å². The molecule has 120 valence electrons. The molecule has 1 aliphatic carbocycles. The first-order valence-electron chi connectivity index (χ1n) is 8.65. The Morgan fingerprint density at radius 3 is 2.48 bits per heavy atom. The van der Waals surface area contributed by atoms with Crippen molar-refractivity contribution in [3.8, 4) is 0 Å². The number of hydrogen-bond donors (Lipinski definition) is 1. The fraction of sp³-hybridized carbons (Fsp3) is 0.824. The summed E-state index contributed by atoms with van der Waals surface area (Å²) in [5.41, 5.74) is 6.49. The van der Waals surface area contributed by atoms with Crippen LogP contribution in [0.2, 0.25) is 0 Å². The van der Waals surface area contributed by atoms with Crippen LogP contribution in [0.15, 0.2) is 12.4 Å². The highest BCUT2D eigenvalue weighted by atomic mass is 15.2. The minimum Gasteiger partial charge on any atom is -0.334 e. The van der Waals surface area contributed by atoms with Crippen LogP contribution in [0.5, 0.6) is 0 Å². The van der Waals surface area contributed by atoms with Gasteiger partial charge in [-0.25, -0.2) is 4.98 Å². The van der Waals surface area contributed by atoms with Crippen molar-refractivity contribution >= 4 is 0 Å². The number of nitrogens with zero attached hydrogens (tertiary/aromatic N) is 3.